The molecule has 0 radical (unpaired) electrons. The molecule has 0 spiro atoms. The second kappa shape index (κ2) is 9.49. The Bertz CT molecular complexity index is 1020. The lowest BCUT2D eigenvalue weighted by molar-refractivity contribution is 0.355. The molecule has 1 aromatic heterocycles. The molecule has 0 aliphatic heterocycles. The summed E-state index contributed by atoms with van der Waals surface area (Å²) in [6.07, 6.45) is 1.63. The normalized spacial score (nSPS) is 10.8. The number of hydrazone groups is 1. The number of thiazole rings is 1. The highest BCUT2D eigenvalue weighted by Crippen LogP contribution is 2.36. The molecule has 0 saturated heterocycles. The van der Waals surface area contributed by atoms with E-state index in [9.17, 15) is 0 Å². The molecule has 29 heavy (non-hydrogen) atoms. The Morgan fingerprint density at radius 2 is 1.72 bits per heavy atom. The largest absolute Gasteiger partial charge is 0.493 e. The van der Waals surface area contributed by atoms with Crippen LogP contribution in [-0.4, -0.2) is 39.6 Å². The van der Waals surface area contributed by atoms with Gasteiger partial charge in [-0.15, -0.1) is 11.3 Å². The summed E-state index contributed by atoms with van der Waals surface area (Å²) in [4.78, 5) is 4.55. The molecule has 9 heteroatoms. The van der Waals surface area contributed by atoms with Crippen molar-refractivity contribution in [2.75, 3.05) is 33.9 Å². The molecular formula is C20H20ClN3O4S. The number of aromatic nitrogens is 1. The van der Waals surface area contributed by atoms with Gasteiger partial charge in [-0.3, -0.25) is 5.43 Å². The first-order chi connectivity index (χ1) is 14.1. The van der Waals surface area contributed by atoms with Crippen molar-refractivity contribution in [3.05, 3.63) is 46.3 Å². The smallest absolute Gasteiger partial charge is 0.203 e. The molecular weight excluding hydrogens is 414 g/mol. The Morgan fingerprint density at radius 3 is 2.41 bits per heavy atom. The lowest BCUT2D eigenvalue weighted by atomic mass is 10.1. The van der Waals surface area contributed by atoms with Gasteiger partial charge in [-0.2, -0.15) is 5.10 Å². The monoisotopic (exact) mass is 433 g/mol. The van der Waals surface area contributed by atoms with E-state index >= 15 is 0 Å². The van der Waals surface area contributed by atoms with Crippen molar-refractivity contribution < 1.29 is 18.9 Å². The van der Waals surface area contributed by atoms with Gasteiger partial charge in [0.25, 0.3) is 0 Å². The van der Waals surface area contributed by atoms with Crippen molar-refractivity contribution in [3.8, 4) is 34.3 Å². The number of hydrogen-bond acceptors (Lipinski definition) is 8. The fourth-order valence-electron chi connectivity index (χ4n) is 2.63. The fraction of sp³-hybridized carbons (Fsp3) is 0.200. The van der Waals surface area contributed by atoms with E-state index in [1.54, 1.807) is 39.7 Å². The zero-order valence-electron chi connectivity index (χ0n) is 16.4. The van der Waals surface area contributed by atoms with E-state index in [1.807, 2.05) is 23.6 Å². The van der Waals surface area contributed by atoms with Gasteiger partial charge in [0.15, 0.2) is 23.0 Å². The van der Waals surface area contributed by atoms with Crippen LogP contribution >= 0.6 is 22.9 Å². The van der Waals surface area contributed by atoms with Crippen LogP contribution in [0.4, 0.5) is 5.13 Å². The second-order valence-corrected chi connectivity index (χ2v) is 6.98. The molecule has 0 unspecified atom stereocenters. The van der Waals surface area contributed by atoms with Crippen LogP contribution in [0.15, 0.2) is 40.8 Å². The number of rotatable bonds is 8. The first-order valence-corrected chi connectivity index (χ1v) is 9.74. The molecule has 3 rings (SSSR count). The van der Waals surface area contributed by atoms with Crippen molar-refractivity contribution >= 4 is 34.3 Å². The van der Waals surface area contributed by atoms with E-state index < -0.39 is 0 Å². The lowest BCUT2D eigenvalue weighted by Crippen LogP contribution is -1.95. The van der Waals surface area contributed by atoms with Crippen LogP contribution in [0.1, 0.15) is 5.56 Å². The van der Waals surface area contributed by atoms with Crippen LogP contribution in [0, 0.1) is 0 Å². The number of methoxy groups -OCH3 is 4. The SMILES string of the molecule is COc1ccc(-c2csc(N/N=C\c3cc(Cl)c(OC)c(OC)c3)n2)cc1OC. The number of anilines is 1. The predicted molar refractivity (Wildman–Crippen MR) is 116 cm³/mol. The topological polar surface area (TPSA) is 74.2 Å². The van der Waals surface area contributed by atoms with Gasteiger partial charge < -0.3 is 18.9 Å². The van der Waals surface area contributed by atoms with Gasteiger partial charge in [0, 0.05) is 10.9 Å². The van der Waals surface area contributed by atoms with Crippen LogP contribution in [0.2, 0.25) is 5.02 Å². The van der Waals surface area contributed by atoms with Crippen molar-refractivity contribution in [3.63, 3.8) is 0 Å². The third kappa shape index (κ3) is 4.72. The first kappa shape index (κ1) is 20.8. The molecule has 152 valence electrons. The summed E-state index contributed by atoms with van der Waals surface area (Å²) in [6, 6.07) is 9.18. The Balaban J connectivity index is 1.73. The van der Waals surface area contributed by atoms with Gasteiger partial charge >= 0.3 is 0 Å². The van der Waals surface area contributed by atoms with Crippen LogP contribution in [0.5, 0.6) is 23.0 Å². The molecule has 0 atom stereocenters. The standard InChI is InChI=1S/C20H20ClN3O4S/c1-25-16-6-5-13(9-17(16)26-2)15-11-29-20(23-15)24-22-10-12-7-14(21)19(28-4)18(8-12)27-3/h5-11H,1-4H3,(H,23,24)/b22-10-. The summed E-state index contributed by atoms with van der Waals surface area (Å²) in [5, 5.41) is 7.26. The predicted octanol–water partition coefficient (Wildman–Crippen LogP) is 4.94. The molecule has 0 aliphatic carbocycles. The molecule has 3 aromatic rings. The minimum atomic E-state index is 0.443. The van der Waals surface area contributed by atoms with Gasteiger partial charge in [-0.05, 0) is 35.9 Å². The van der Waals surface area contributed by atoms with Gasteiger partial charge in [0.05, 0.1) is 45.4 Å². The van der Waals surface area contributed by atoms with Crippen molar-refractivity contribution in [1.29, 1.82) is 0 Å². The third-order valence-electron chi connectivity index (χ3n) is 4.01. The van der Waals surface area contributed by atoms with Gasteiger partial charge in [0.2, 0.25) is 5.13 Å². The first-order valence-electron chi connectivity index (χ1n) is 8.48. The zero-order chi connectivity index (χ0) is 20.8. The number of nitrogens with zero attached hydrogens (tertiary/aromatic N) is 2. The maximum atomic E-state index is 6.21. The molecule has 0 amide bonds. The zero-order valence-corrected chi connectivity index (χ0v) is 17.9. The van der Waals surface area contributed by atoms with Crippen molar-refractivity contribution in [1.82, 2.24) is 4.98 Å². The maximum Gasteiger partial charge on any atom is 0.203 e. The van der Waals surface area contributed by atoms with Crippen LogP contribution in [0.25, 0.3) is 11.3 Å². The summed E-state index contributed by atoms with van der Waals surface area (Å²) in [6.45, 7) is 0. The highest BCUT2D eigenvalue weighted by Gasteiger charge is 2.11. The summed E-state index contributed by atoms with van der Waals surface area (Å²) < 4.78 is 21.1. The van der Waals surface area contributed by atoms with Crippen LogP contribution in [-0.2, 0) is 0 Å². The molecule has 1 heterocycles. The third-order valence-corrected chi connectivity index (χ3v) is 5.04. The van der Waals surface area contributed by atoms with E-state index in [1.165, 1.54) is 18.4 Å². The number of nitrogens with one attached hydrogen (secondary N) is 1. The van der Waals surface area contributed by atoms with Crippen molar-refractivity contribution in [2.45, 2.75) is 0 Å². The number of benzene rings is 2. The van der Waals surface area contributed by atoms with E-state index in [2.05, 4.69) is 15.5 Å². The van der Waals surface area contributed by atoms with Crippen LogP contribution in [0.3, 0.4) is 0 Å². The summed E-state index contributed by atoms with van der Waals surface area (Å²) in [5.41, 5.74) is 5.41. The highest BCUT2D eigenvalue weighted by atomic mass is 35.5. The minimum Gasteiger partial charge on any atom is -0.493 e. The maximum absolute atomic E-state index is 6.21. The molecule has 0 bridgehead atoms. The Kier molecular flexibility index (Phi) is 6.79. The Morgan fingerprint density at radius 1 is 0.966 bits per heavy atom. The van der Waals surface area contributed by atoms with Gasteiger partial charge in [0.1, 0.15) is 0 Å². The summed E-state index contributed by atoms with van der Waals surface area (Å²) in [5.74, 6) is 2.34. The van der Waals surface area contributed by atoms with E-state index in [-0.39, 0.29) is 0 Å². The average Bonchev–Trinajstić information content (AvgIpc) is 3.21. The fourth-order valence-corrected chi connectivity index (χ4v) is 3.59. The molecule has 1 N–H and O–H groups in total. The van der Waals surface area contributed by atoms with E-state index in [0.717, 1.165) is 16.8 Å². The summed E-state index contributed by atoms with van der Waals surface area (Å²) in [7, 11) is 6.30. The summed E-state index contributed by atoms with van der Waals surface area (Å²) >= 11 is 7.65. The van der Waals surface area contributed by atoms with E-state index in [4.69, 9.17) is 30.5 Å². The van der Waals surface area contributed by atoms with E-state index in [0.29, 0.717) is 33.2 Å². The van der Waals surface area contributed by atoms with Crippen LogP contribution < -0.4 is 24.4 Å². The molecule has 0 fully saturated rings. The lowest BCUT2D eigenvalue weighted by Gasteiger charge is -2.09. The quantitative estimate of drug-likeness (QED) is 0.400. The van der Waals surface area contributed by atoms with Gasteiger partial charge in [-0.1, -0.05) is 11.6 Å². The number of hydrogen-bond donors (Lipinski definition) is 1. The molecule has 0 saturated carbocycles. The molecule has 2 aromatic carbocycles. The number of halogens is 1. The average molecular weight is 434 g/mol. The highest BCUT2D eigenvalue weighted by molar-refractivity contribution is 7.14. The minimum absolute atomic E-state index is 0.443. The van der Waals surface area contributed by atoms with Gasteiger partial charge in [-0.25, -0.2) is 4.98 Å². The Hall–Kier alpha value is -2.97. The molecule has 7 nitrogen and oxygen atoms in total. The number of ether oxygens (including phenoxy) is 4. The Labute approximate surface area is 177 Å². The second-order valence-electron chi connectivity index (χ2n) is 5.72. The molecule has 0 aliphatic rings. The van der Waals surface area contributed by atoms with Crippen molar-refractivity contribution in [2.24, 2.45) is 5.10 Å².